The summed E-state index contributed by atoms with van der Waals surface area (Å²) in [5.41, 5.74) is 6.86. The summed E-state index contributed by atoms with van der Waals surface area (Å²) in [6.07, 6.45) is 1.67. The molecule has 0 aliphatic heterocycles. The fourth-order valence-electron chi connectivity index (χ4n) is 4.19. The van der Waals surface area contributed by atoms with Gasteiger partial charge in [-0.05, 0) is 60.5 Å². The number of nitrogens with zero attached hydrogens (tertiary/aromatic N) is 3. The van der Waals surface area contributed by atoms with Gasteiger partial charge in [0, 0.05) is 32.9 Å². The number of carbonyl (C=O) groups excluding carboxylic acids is 1. The number of amides is 1. The first-order chi connectivity index (χ1) is 17.8. The van der Waals surface area contributed by atoms with Crippen molar-refractivity contribution < 1.29 is 14.7 Å². The summed E-state index contributed by atoms with van der Waals surface area (Å²) in [7, 11) is 0. The average Bonchev–Trinajstić information content (AvgIpc) is 3.22. The number of rotatable bonds is 6. The molecule has 0 radical (unpaired) electrons. The van der Waals surface area contributed by atoms with E-state index in [4.69, 9.17) is 28.3 Å². The van der Waals surface area contributed by atoms with Crippen LogP contribution in [0, 0.1) is 0 Å². The van der Waals surface area contributed by atoms with Gasteiger partial charge in [0.2, 0.25) is 0 Å². The first-order valence-electron chi connectivity index (χ1n) is 11.3. The Hall–Kier alpha value is -4.20. The molecule has 2 aromatic heterocycles. The first kappa shape index (κ1) is 24.5. The zero-order valence-electron chi connectivity index (χ0n) is 19.6. The van der Waals surface area contributed by atoms with Crippen LogP contribution in [-0.4, -0.2) is 32.2 Å². The van der Waals surface area contributed by atoms with Gasteiger partial charge in [0.15, 0.2) is 0 Å². The molecule has 5 aromatic rings. The predicted molar refractivity (Wildman–Crippen MR) is 146 cm³/mol. The van der Waals surface area contributed by atoms with Crippen molar-refractivity contribution in [1.29, 1.82) is 0 Å². The average molecular weight is 531 g/mol. The number of fused-ring (bicyclic) bond motifs is 3. The largest absolute Gasteiger partial charge is 0.478 e. The minimum absolute atomic E-state index is 0.176. The molecular weight excluding hydrogens is 511 g/mol. The van der Waals surface area contributed by atoms with Crippen LogP contribution < -0.4 is 5.43 Å². The SMILES string of the molecule is CC(=NNC(=O)c1cc2c3ccccc3n(Cc3cc(Cl)ccc3Cl)c2cn1)c1ccc(C(=O)O)cc1. The number of para-hydroxylation sites is 1. The zero-order valence-corrected chi connectivity index (χ0v) is 21.1. The maximum Gasteiger partial charge on any atom is 0.335 e. The van der Waals surface area contributed by atoms with Crippen LogP contribution in [-0.2, 0) is 6.54 Å². The summed E-state index contributed by atoms with van der Waals surface area (Å²) in [5, 5.41) is 16.3. The van der Waals surface area contributed by atoms with E-state index in [9.17, 15) is 9.59 Å². The van der Waals surface area contributed by atoms with Crippen molar-refractivity contribution in [2.45, 2.75) is 13.5 Å². The van der Waals surface area contributed by atoms with Gasteiger partial charge in [-0.2, -0.15) is 5.10 Å². The molecular formula is C28H20Cl2N4O3. The maximum atomic E-state index is 12.9. The van der Waals surface area contributed by atoms with Gasteiger partial charge in [0.25, 0.3) is 5.91 Å². The number of hydrogen-bond donors (Lipinski definition) is 2. The van der Waals surface area contributed by atoms with Crippen molar-refractivity contribution in [2.75, 3.05) is 0 Å². The summed E-state index contributed by atoms with van der Waals surface area (Å²) in [6.45, 7) is 2.21. The predicted octanol–water partition coefficient (Wildman–Crippen LogP) is 6.40. The second-order valence-electron chi connectivity index (χ2n) is 8.45. The molecule has 9 heteroatoms. The third-order valence-electron chi connectivity index (χ3n) is 6.10. The van der Waals surface area contributed by atoms with Gasteiger partial charge in [-0.15, -0.1) is 0 Å². The summed E-state index contributed by atoms with van der Waals surface area (Å²) in [5.74, 6) is -1.47. The monoisotopic (exact) mass is 530 g/mol. The molecule has 0 bridgehead atoms. The normalized spacial score (nSPS) is 11.7. The quantitative estimate of drug-likeness (QED) is 0.196. The summed E-state index contributed by atoms with van der Waals surface area (Å²) < 4.78 is 2.10. The number of hydrogen-bond acceptors (Lipinski definition) is 4. The molecule has 2 heterocycles. The number of carboxylic acid groups (broad SMARTS) is 1. The second-order valence-corrected chi connectivity index (χ2v) is 9.29. The molecule has 1 amide bonds. The van der Waals surface area contributed by atoms with Gasteiger partial charge in [-0.25, -0.2) is 15.2 Å². The fraction of sp³-hybridized carbons (Fsp3) is 0.0714. The van der Waals surface area contributed by atoms with Crippen LogP contribution in [0.2, 0.25) is 10.0 Å². The van der Waals surface area contributed by atoms with Crippen LogP contribution >= 0.6 is 23.2 Å². The van der Waals surface area contributed by atoms with E-state index in [1.807, 2.05) is 30.3 Å². The lowest BCUT2D eigenvalue weighted by Crippen LogP contribution is -2.20. The van der Waals surface area contributed by atoms with E-state index in [1.165, 1.54) is 12.1 Å². The molecule has 37 heavy (non-hydrogen) atoms. The third-order valence-corrected chi connectivity index (χ3v) is 6.71. The molecule has 0 aliphatic carbocycles. The smallest absolute Gasteiger partial charge is 0.335 e. The van der Waals surface area contributed by atoms with E-state index < -0.39 is 11.9 Å². The summed E-state index contributed by atoms with van der Waals surface area (Å²) in [6, 6.07) is 21.3. The summed E-state index contributed by atoms with van der Waals surface area (Å²) >= 11 is 12.6. The van der Waals surface area contributed by atoms with Crippen molar-refractivity contribution in [2.24, 2.45) is 5.10 Å². The molecule has 0 saturated heterocycles. The van der Waals surface area contributed by atoms with Crippen molar-refractivity contribution in [3.63, 3.8) is 0 Å². The highest BCUT2D eigenvalue weighted by molar-refractivity contribution is 6.33. The van der Waals surface area contributed by atoms with E-state index in [2.05, 4.69) is 20.1 Å². The number of halogens is 2. The van der Waals surface area contributed by atoms with Crippen molar-refractivity contribution in [3.05, 3.63) is 111 Å². The van der Waals surface area contributed by atoms with Crippen LogP contribution in [0.4, 0.5) is 0 Å². The number of hydrazone groups is 1. The minimum Gasteiger partial charge on any atom is -0.478 e. The molecule has 184 valence electrons. The van der Waals surface area contributed by atoms with Gasteiger partial charge in [-0.1, -0.05) is 53.5 Å². The molecule has 7 nitrogen and oxygen atoms in total. The molecule has 0 aliphatic rings. The Kier molecular flexibility index (Phi) is 6.65. The van der Waals surface area contributed by atoms with Crippen LogP contribution in [0.25, 0.3) is 21.8 Å². The zero-order chi connectivity index (χ0) is 26.1. The van der Waals surface area contributed by atoms with Crippen molar-refractivity contribution in [1.82, 2.24) is 15.0 Å². The highest BCUT2D eigenvalue weighted by Gasteiger charge is 2.16. The number of aromatic carboxylic acids is 1. The van der Waals surface area contributed by atoms with Gasteiger partial charge in [0.05, 0.1) is 23.0 Å². The lowest BCUT2D eigenvalue weighted by atomic mass is 10.1. The van der Waals surface area contributed by atoms with E-state index in [0.717, 1.165) is 27.4 Å². The van der Waals surface area contributed by atoms with E-state index in [-0.39, 0.29) is 11.3 Å². The Bertz CT molecular complexity index is 1710. The van der Waals surface area contributed by atoms with E-state index >= 15 is 0 Å². The Labute approximate surface area is 222 Å². The molecule has 0 fully saturated rings. The van der Waals surface area contributed by atoms with Gasteiger partial charge in [-0.3, -0.25) is 4.79 Å². The topological polar surface area (TPSA) is 96.6 Å². The highest BCUT2D eigenvalue weighted by Crippen LogP contribution is 2.31. The van der Waals surface area contributed by atoms with Crippen LogP contribution in [0.1, 0.15) is 38.9 Å². The van der Waals surface area contributed by atoms with Crippen LogP contribution in [0.5, 0.6) is 0 Å². The second kappa shape index (κ2) is 10.0. The van der Waals surface area contributed by atoms with Crippen LogP contribution in [0.15, 0.2) is 84.1 Å². The number of benzene rings is 3. The molecule has 3 aromatic carbocycles. The standard InChI is InChI=1S/C28H20Cl2N4O3/c1-16(17-6-8-18(9-7-17)28(36)37)32-33-27(35)24-13-22-21-4-2-3-5-25(21)34(26(22)14-31-24)15-19-12-20(29)10-11-23(19)30/h2-14H,15H2,1H3,(H,33,35)(H,36,37). The van der Waals surface area contributed by atoms with Crippen LogP contribution in [0.3, 0.4) is 0 Å². The number of pyridine rings is 1. The Morgan fingerprint density at radius 2 is 1.68 bits per heavy atom. The first-order valence-corrected chi connectivity index (χ1v) is 12.1. The van der Waals surface area contributed by atoms with Gasteiger partial charge >= 0.3 is 5.97 Å². The lowest BCUT2D eigenvalue weighted by Gasteiger charge is -2.10. The third kappa shape index (κ3) is 4.91. The number of aromatic nitrogens is 2. The molecule has 0 unspecified atom stereocenters. The van der Waals surface area contributed by atoms with E-state index in [1.54, 1.807) is 43.5 Å². The number of carbonyl (C=O) groups is 2. The lowest BCUT2D eigenvalue weighted by molar-refractivity contribution is 0.0696. The minimum atomic E-state index is -1.01. The Morgan fingerprint density at radius 3 is 2.43 bits per heavy atom. The Morgan fingerprint density at radius 1 is 0.946 bits per heavy atom. The molecule has 2 N–H and O–H groups in total. The number of nitrogens with one attached hydrogen (secondary N) is 1. The molecule has 0 saturated carbocycles. The highest BCUT2D eigenvalue weighted by atomic mass is 35.5. The van der Waals surface area contributed by atoms with E-state index in [0.29, 0.717) is 27.9 Å². The number of carboxylic acids is 1. The van der Waals surface area contributed by atoms with Gasteiger partial charge in [0.1, 0.15) is 5.69 Å². The molecule has 0 atom stereocenters. The Balaban J connectivity index is 1.46. The fourth-order valence-corrected chi connectivity index (χ4v) is 4.56. The van der Waals surface area contributed by atoms with Crippen molar-refractivity contribution >= 4 is 62.6 Å². The van der Waals surface area contributed by atoms with Gasteiger partial charge < -0.3 is 9.67 Å². The van der Waals surface area contributed by atoms with Crippen molar-refractivity contribution in [3.8, 4) is 0 Å². The molecule has 5 rings (SSSR count). The maximum absolute atomic E-state index is 12.9. The molecule has 0 spiro atoms. The summed E-state index contributed by atoms with van der Waals surface area (Å²) in [4.78, 5) is 28.3.